The number of aromatic nitrogens is 2. The molecule has 2 aromatic heterocycles. The molecule has 0 saturated heterocycles. The predicted octanol–water partition coefficient (Wildman–Crippen LogP) is 2.09. The molecule has 2 heterocycles. The summed E-state index contributed by atoms with van der Waals surface area (Å²) in [5.41, 5.74) is 14.4. The molecule has 0 fully saturated rings. The quantitative estimate of drug-likeness (QED) is 0.502. The van der Waals surface area contributed by atoms with E-state index in [1.807, 2.05) is 6.07 Å². The molecule has 7 nitrogen and oxygen atoms in total. The number of pyridine rings is 2. The average molecular weight is 339 g/mol. The Kier molecular flexibility index (Phi) is 4.16. The summed E-state index contributed by atoms with van der Waals surface area (Å²) in [5, 5.41) is 5.01. The van der Waals surface area contributed by atoms with Gasteiger partial charge in [-0.25, -0.2) is 9.97 Å². The Morgan fingerprint density at radius 2 is 2.16 bits per heavy atom. The van der Waals surface area contributed by atoms with Gasteiger partial charge in [-0.1, -0.05) is 17.8 Å². The number of rotatable bonds is 4. The Morgan fingerprint density at radius 3 is 2.84 bits per heavy atom. The van der Waals surface area contributed by atoms with Gasteiger partial charge >= 0.3 is 0 Å². The van der Waals surface area contributed by atoms with E-state index in [2.05, 4.69) is 30.6 Å². The molecule has 0 aliphatic heterocycles. The van der Waals surface area contributed by atoms with Gasteiger partial charge in [-0.3, -0.25) is 4.79 Å². The number of fused-ring (bicyclic) bond motifs is 2. The molecule has 0 bridgehead atoms. The third-order valence-electron chi connectivity index (χ3n) is 4.49. The normalized spacial score (nSPS) is 17.3. The van der Waals surface area contributed by atoms with Gasteiger partial charge in [-0.2, -0.15) is 0 Å². The van der Waals surface area contributed by atoms with Gasteiger partial charge in [0, 0.05) is 10.8 Å². The van der Waals surface area contributed by atoms with Crippen LogP contribution in [0.1, 0.15) is 41.9 Å². The Morgan fingerprint density at radius 1 is 1.40 bits per heavy atom. The Hall–Kier alpha value is -2.96. The lowest BCUT2D eigenvalue weighted by atomic mass is 9.74. The number of aryl methyl sites for hydroxylation is 1. The molecular formula is C18H21N5O2. The highest BCUT2D eigenvalue weighted by Crippen LogP contribution is 2.35. The summed E-state index contributed by atoms with van der Waals surface area (Å²) in [7, 11) is 0. The van der Waals surface area contributed by atoms with E-state index in [1.54, 1.807) is 12.1 Å². The molecule has 0 unspecified atom stereocenters. The summed E-state index contributed by atoms with van der Waals surface area (Å²) in [6.45, 7) is 8.10. The third kappa shape index (κ3) is 2.93. The van der Waals surface area contributed by atoms with Gasteiger partial charge in [0.05, 0.1) is 17.0 Å². The molecular weight excluding hydrogens is 318 g/mol. The number of hydrogen-bond donors (Lipinski definition) is 2. The first kappa shape index (κ1) is 16.9. The highest BCUT2D eigenvalue weighted by Gasteiger charge is 2.36. The average Bonchev–Trinajstić information content (AvgIpc) is 2.55. The number of amides is 1. The zero-order chi connectivity index (χ0) is 18.2. The van der Waals surface area contributed by atoms with E-state index in [0.29, 0.717) is 12.3 Å². The number of carbonyl (C=O) groups is 1. The Labute approximate surface area is 145 Å². The van der Waals surface area contributed by atoms with E-state index in [9.17, 15) is 4.79 Å². The van der Waals surface area contributed by atoms with Crippen LogP contribution >= 0.6 is 0 Å². The van der Waals surface area contributed by atoms with Crippen LogP contribution in [0.5, 0.6) is 0 Å². The Bertz CT molecular complexity index is 902. The topological polar surface area (TPSA) is 116 Å². The van der Waals surface area contributed by atoms with Gasteiger partial charge in [0.2, 0.25) is 0 Å². The van der Waals surface area contributed by atoms with E-state index in [-0.39, 0.29) is 16.8 Å². The minimum Gasteiger partial charge on any atom is -0.392 e. The number of nitrogens with zero attached hydrogens (tertiary/aromatic N) is 3. The minimum absolute atomic E-state index is 0.0873. The maximum Gasteiger partial charge on any atom is 0.252 e. The van der Waals surface area contributed by atoms with E-state index in [4.69, 9.17) is 21.3 Å². The lowest BCUT2D eigenvalue weighted by molar-refractivity contribution is 0.100. The fourth-order valence-corrected chi connectivity index (χ4v) is 3.12. The second-order valence-corrected chi connectivity index (χ2v) is 6.58. The van der Waals surface area contributed by atoms with Gasteiger partial charge in [0.15, 0.2) is 5.65 Å². The van der Waals surface area contributed by atoms with Gasteiger partial charge in [-0.05, 0) is 44.4 Å². The van der Waals surface area contributed by atoms with Gasteiger partial charge in [0.25, 0.3) is 5.91 Å². The summed E-state index contributed by atoms with van der Waals surface area (Å²) >= 11 is 0. The zero-order valence-corrected chi connectivity index (χ0v) is 14.4. The van der Waals surface area contributed by atoms with Crippen LogP contribution in [-0.4, -0.2) is 28.2 Å². The highest BCUT2D eigenvalue weighted by molar-refractivity contribution is 6.01. The lowest BCUT2D eigenvalue weighted by Gasteiger charge is -2.32. The maximum atomic E-state index is 11.5. The van der Waals surface area contributed by atoms with Crippen LogP contribution in [-0.2, 0) is 16.7 Å². The van der Waals surface area contributed by atoms with Crippen molar-refractivity contribution in [3.05, 3.63) is 41.6 Å². The van der Waals surface area contributed by atoms with Gasteiger partial charge in [-0.15, -0.1) is 0 Å². The van der Waals surface area contributed by atoms with Crippen molar-refractivity contribution in [2.24, 2.45) is 10.9 Å². The molecule has 130 valence electrons. The fraction of sp³-hybridized carbons (Fsp3) is 0.333. The van der Waals surface area contributed by atoms with Crippen molar-refractivity contribution in [2.45, 2.75) is 32.1 Å². The molecule has 25 heavy (non-hydrogen) atoms. The molecule has 4 N–H and O–H groups in total. The van der Waals surface area contributed by atoms with Crippen LogP contribution < -0.4 is 11.5 Å². The molecule has 0 spiro atoms. The second kappa shape index (κ2) is 6.16. The number of anilines is 1. The second-order valence-electron chi connectivity index (χ2n) is 6.58. The summed E-state index contributed by atoms with van der Waals surface area (Å²) < 4.78 is 0. The highest BCUT2D eigenvalue weighted by atomic mass is 16.6. The van der Waals surface area contributed by atoms with Crippen LogP contribution in [0.25, 0.3) is 11.0 Å². The SMILES string of the molecule is C=CCON=C1CCc2cc3cc(C(N)=O)c(N)nc3nc2C1(C)C. The van der Waals surface area contributed by atoms with Crippen molar-refractivity contribution in [3.63, 3.8) is 0 Å². The fourth-order valence-electron chi connectivity index (χ4n) is 3.12. The standard InChI is InChI=1S/C18H21N5O2/c1-4-7-25-23-13-6-5-10-8-11-9-12(16(20)24)15(19)22-17(11)21-14(10)18(13,2)3/h4,8-9H,1,5-7H2,2-3H3,(H2,20,24)(H2,19,21,22). The van der Waals surface area contributed by atoms with Crippen LogP contribution in [0.15, 0.2) is 29.9 Å². The number of hydrogen-bond acceptors (Lipinski definition) is 6. The number of primary amides is 1. The third-order valence-corrected chi connectivity index (χ3v) is 4.49. The number of nitrogen functional groups attached to an aromatic ring is 1. The summed E-state index contributed by atoms with van der Waals surface area (Å²) in [5.74, 6) is -0.511. The molecule has 0 atom stereocenters. The smallest absolute Gasteiger partial charge is 0.252 e. The molecule has 7 heteroatoms. The maximum absolute atomic E-state index is 11.5. The molecule has 0 aromatic carbocycles. The zero-order valence-electron chi connectivity index (χ0n) is 14.4. The predicted molar refractivity (Wildman–Crippen MR) is 97.4 cm³/mol. The minimum atomic E-state index is -0.598. The molecule has 1 aliphatic carbocycles. The first-order chi connectivity index (χ1) is 11.8. The van der Waals surface area contributed by atoms with E-state index < -0.39 is 5.91 Å². The number of nitrogens with two attached hydrogens (primary N) is 2. The van der Waals surface area contributed by atoms with Crippen molar-refractivity contribution in [3.8, 4) is 0 Å². The molecule has 1 amide bonds. The van der Waals surface area contributed by atoms with Crippen molar-refractivity contribution in [2.75, 3.05) is 12.3 Å². The molecule has 2 aromatic rings. The van der Waals surface area contributed by atoms with Crippen molar-refractivity contribution >= 4 is 28.5 Å². The summed E-state index contributed by atoms with van der Waals surface area (Å²) in [6, 6.07) is 3.65. The monoisotopic (exact) mass is 339 g/mol. The molecule has 0 radical (unpaired) electrons. The van der Waals surface area contributed by atoms with Crippen LogP contribution in [0.4, 0.5) is 5.82 Å². The van der Waals surface area contributed by atoms with Crippen LogP contribution in [0.3, 0.4) is 0 Å². The van der Waals surface area contributed by atoms with Crippen molar-refractivity contribution in [1.82, 2.24) is 9.97 Å². The largest absolute Gasteiger partial charge is 0.392 e. The van der Waals surface area contributed by atoms with Gasteiger partial charge < -0.3 is 16.3 Å². The number of carbonyl (C=O) groups excluding carboxylic acids is 1. The summed E-state index contributed by atoms with van der Waals surface area (Å²) in [4.78, 5) is 25.7. The van der Waals surface area contributed by atoms with E-state index in [0.717, 1.165) is 35.2 Å². The lowest BCUT2D eigenvalue weighted by Crippen LogP contribution is -2.36. The Balaban J connectivity index is 2.11. The van der Waals surface area contributed by atoms with E-state index >= 15 is 0 Å². The first-order valence-corrected chi connectivity index (χ1v) is 8.05. The molecule has 3 rings (SSSR count). The summed E-state index contributed by atoms with van der Waals surface area (Å²) in [6.07, 6.45) is 3.21. The van der Waals surface area contributed by atoms with Crippen LogP contribution in [0.2, 0.25) is 0 Å². The van der Waals surface area contributed by atoms with Crippen LogP contribution in [0, 0.1) is 0 Å². The molecule has 1 aliphatic rings. The van der Waals surface area contributed by atoms with Crippen molar-refractivity contribution < 1.29 is 9.63 Å². The molecule has 0 saturated carbocycles. The first-order valence-electron chi connectivity index (χ1n) is 8.05. The van der Waals surface area contributed by atoms with Crippen molar-refractivity contribution in [1.29, 1.82) is 0 Å². The number of oxime groups is 1. The van der Waals surface area contributed by atoms with E-state index in [1.165, 1.54) is 0 Å². The van der Waals surface area contributed by atoms with Gasteiger partial charge in [0.1, 0.15) is 12.4 Å².